The predicted octanol–water partition coefficient (Wildman–Crippen LogP) is 8.79. The summed E-state index contributed by atoms with van der Waals surface area (Å²) in [5, 5.41) is 14.7. The van der Waals surface area contributed by atoms with Crippen molar-refractivity contribution in [1.82, 2.24) is 0 Å². The average Bonchev–Trinajstić information content (AvgIpc) is 3.38. The normalized spacial score (nSPS) is 14.7. The molecule has 1 amide bonds. The second-order valence-electron chi connectivity index (χ2n) is 11.9. The molecule has 3 aromatic carbocycles. The molecule has 1 aliphatic rings. The smallest absolute Gasteiger partial charge is 0.269 e. The number of benzene rings is 3. The first-order valence-electron chi connectivity index (χ1n) is 14.8. The standard InChI is InChI=1S/C35H37N3O5S/c1-5-42-30-19-24(13-18-29(30)43-22-23-11-15-27(16-12-23)38(40)41)21-36-34-32(33(39)37-26-9-7-6-8-10-26)28-17-14-25(35(2,3)4)20-31(28)44-34/h6-13,15-16,18-19,21,25H,5,14,17,20,22H2,1-4H3,(H,37,39)/t25-/m0/s1. The van der Waals surface area contributed by atoms with Crippen molar-refractivity contribution >= 4 is 39.8 Å². The Labute approximate surface area is 261 Å². The molecule has 5 rings (SSSR count). The van der Waals surface area contributed by atoms with Crippen LogP contribution in [0.3, 0.4) is 0 Å². The minimum atomic E-state index is -0.426. The predicted molar refractivity (Wildman–Crippen MR) is 176 cm³/mol. The molecule has 1 aliphatic carbocycles. The van der Waals surface area contributed by atoms with E-state index in [2.05, 4.69) is 26.1 Å². The monoisotopic (exact) mass is 611 g/mol. The van der Waals surface area contributed by atoms with E-state index in [0.29, 0.717) is 34.6 Å². The van der Waals surface area contributed by atoms with E-state index in [1.165, 1.54) is 17.0 Å². The molecule has 0 saturated carbocycles. The van der Waals surface area contributed by atoms with Crippen LogP contribution in [0, 0.1) is 21.4 Å². The minimum absolute atomic E-state index is 0.0358. The van der Waals surface area contributed by atoms with Gasteiger partial charge < -0.3 is 14.8 Å². The van der Waals surface area contributed by atoms with Gasteiger partial charge in [0.25, 0.3) is 11.6 Å². The number of para-hydroxylation sites is 1. The van der Waals surface area contributed by atoms with Gasteiger partial charge in [-0.3, -0.25) is 14.9 Å². The zero-order chi connectivity index (χ0) is 31.3. The molecule has 0 unspecified atom stereocenters. The molecule has 0 radical (unpaired) electrons. The molecule has 8 nitrogen and oxygen atoms in total. The Morgan fingerprint density at radius 1 is 1.07 bits per heavy atom. The Balaban J connectivity index is 1.40. The van der Waals surface area contributed by atoms with Gasteiger partial charge in [0.2, 0.25) is 0 Å². The number of amides is 1. The summed E-state index contributed by atoms with van der Waals surface area (Å²) in [6, 6.07) is 21.4. The number of anilines is 1. The van der Waals surface area contributed by atoms with Gasteiger partial charge in [0, 0.05) is 28.9 Å². The zero-order valence-electron chi connectivity index (χ0n) is 25.5. The van der Waals surface area contributed by atoms with Crippen molar-refractivity contribution in [3.8, 4) is 11.5 Å². The lowest BCUT2D eigenvalue weighted by Gasteiger charge is -2.33. The van der Waals surface area contributed by atoms with E-state index in [1.54, 1.807) is 29.7 Å². The first-order chi connectivity index (χ1) is 21.1. The van der Waals surface area contributed by atoms with Gasteiger partial charge in [-0.25, -0.2) is 4.99 Å². The van der Waals surface area contributed by atoms with Crippen LogP contribution < -0.4 is 14.8 Å². The summed E-state index contributed by atoms with van der Waals surface area (Å²) < 4.78 is 11.9. The minimum Gasteiger partial charge on any atom is -0.490 e. The van der Waals surface area contributed by atoms with Crippen LogP contribution >= 0.6 is 11.3 Å². The third-order valence-electron chi connectivity index (χ3n) is 7.87. The fourth-order valence-electron chi connectivity index (χ4n) is 5.35. The molecule has 0 bridgehead atoms. The highest BCUT2D eigenvalue weighted by atomic mass is 32.1. The quantitative estimate of drug-likeness (QED) is 0.110. The van der Waals surface area contributed by atoms with E-state index in [4.69, 9.17) is 14.5 Å². The molecule has 1 aromatic heterocycles. The van der Waals surface area contributed by atoms with Crippen molar-refractivity contribution < 1.29 is 19.2 Å². The van der Waals surface area contributed by atoms with Crippen LogP contribution in [0.4, 0.5) is 16.4 Å². The van der Waals surface area contributed by atoms with Crippen LogP contribution in [0.15, 0.2) is 77.8 Å². The van der Waals surface area contributed by atoms with Gasteiger partial charge >= 0.3 is 0 Å². The van der Waals surface area contributed by atoms with Crippen LogP contribution in [-0.2, 0) is 19.4 Å². The van der Waals surface area contributed by atoms with Crippen molar-refractivity contribution in [2.45, 2.75) is 53.6 Å². The molecule has 0 spiro atoms. The maximum absolute atomic E-state index is 13.6. The number of ether oxygens (including phenoxy) is 2. The number of carbonyl (C=O) groups is 1. The molecule has 44 heavy (non-hydrogen) atoms. The average molecular weight is 612 g/mol. The third-order valence-corrected chi connectivity index (χ3v) is 9.03. The lowest BCUT2D eigenvalue weighted by Crippen LogP contribution is -2.27. The number of non-ortho nitro benzene ring substituents is 1. The fraction of sp³-hybridized carbons (Fsp3) is 0.314. The van der Waals surface area contributed by atoms with Crippen LogP contribution in [0.1, 0.15) is 66.0 Å². The van der Waals surface area contributed by atoms with Crippen molar-refractivity contribution in [3.05, 3.63) is 110 Å². The highest BCUT2D eigenvalue weighted by molar-refractivity contribution is 7.16. The largest absolute Gasteiger partial charge is 0.490 e. The first kappa shape index (κ1) is 30.9. The first-order valence-corrected chi connectivity index (χ1v) is 15.6. The molecule has 1 N–H and O–H groups in total. The summed E-state index contributed by atoms with van der Waals surface area (Å²) in [7, 11) is 0. The van der Waals surface area contributed by atoms with Gasteiger partial charge in [0.1, 0.15) is 11.6 Å². The van der Waals surface area contributed by atoms with E-state index in [1.807, 2.05) is 55.5 Å². The number of nitrogens with one attached hydrogen (secondary N) is 1. The number of nitro benzene ring substituents is 1. The molecule has 0 saturated heterocycles. The lowest BCUT2D eigenvalue weighted by molar-refractivity contribution is -0.384. The van der Waals surface area contributed by atoms with Crippen LogP contribution in [0.25, 0.3) is 0 Å². The van der Waals surface area contributed by atoms with Gasteiger partial charge in [-0.05, 0) is 96.7 Å². The Morgan fingerprint density at radius 2 is 1.82 bits per heavy atom. The number of aliphatic imine (C=N–C) groups is 1. The van der Waals surface area contributed by atoms with Gasteiger partial charge in [-0.15, -0.1) is 11.3 Å². The second kappa shape index (κ2) is 13.4. The highest BCUT2D eigenvalue weighted by Gasteiger charge is 2.33. The number of thiophene rings is 1. The molecule has 228 valence electrons. The number of fused-ring (bicyclic) bond motifs is 1. The van der Waals surface area contributed by atoms with E-state index < -0.39 is 4.92 Å². The molecular formula is C35H37N3O5S. The summed E-state index contributed by atoms with van der Waals surface area (Å²) >= 11 is 1.61. The van der Waals surface area contributed by atoms with Gasteiger partial charge in [0.15, 0.2) is 11.5 Å². The fourth-order valence-corrected chi connectivity index (χ4v) is 6.62. The van der Waals surface area contributed by atoms with Crippen molar-refractivity contribution in [1.29, 1.82) is 0 Å². The Morgan fingerprint density at radius 3 is 2.50 bits per heavy atom. The van der Waals surface area contributed by atoms with Crippen LogP contribution in [0.5, 0.6) is 11.5 Å². The topological polar surface area (TPSA) is 103 Å². The van der Waals surface area contributed by atoms with E-state index in [0.717, 1.165) is 41.6 Å². The maximum atomic E-state index is 13.6. The second-order valence-corrected chi connectivity index (χ2v) is 13.0. The lowest BCUT2D eigenvalue weighted by atomic mass is 9.72. The molecule has 9 heteroatoms. The van der Waals surface area contributed by atoms with E-state index in [-0.39, 0.29) is 23.6 Å². The number of nitro groups is 1. The van der Waals surface area contributed by atoms with Gasteiger partial charge in [-0.2, -0.15) is 0 Å². The summed E-state index contributed by atoms with van der Waals surface area (Å²) in [5.74, 6) is 1.53. The van der Waals surface area contributed by atoms with Crippen molar-refractivity contribution in [2.75, 3.05) is 11.9 Å². The summed E-state index contributed by atoms with van der Waals surface area (Å²) in [4.78, 5) is 30.2. The molecule has 0 fully saturated rings. The van der Waals surface area contributed by atoms with Crippen molar-refractivity contribution in [3.63, 3.8) is 0 Å². The third kappa shape index (κ3) is 7.34. The van der Waals surface area contributed by atoms with Gasteiger partial charge in [0.05, 0.1) is 17.1 Å². The molecule has 1 heterocycles. The molecule has 4 aromatic rings. The Hall–Kier alpha value is -4.50. The van der Waals surface area contributed by atoms with Gasteiger partial charge in [-0.1, -0.05) is 39.0 Å². The number of hydrogen-bond acceptors (Lipinski definition) is 7. The number of nitrogens with zero attached hydrogens (tertiary/aromatic N) is 2. The summed E-state index contributed by atoms with van der Waals surface area (Å²) in [6.07, 6.45) is 4.61. The van der Waals surface area contributed by atoms with Crippen LogP contribution in [-0.4, -0.2) is 23.7 Å². The van der Waals surface area contributed by atoms with E-state index in [9.17, 15) is 14.9 Å². The zero-order valence-corrected chi connectivity index (χ0v) is 26.3. The highest BCUT2D eigenvalue weighted by Crippen LogP contribution is 2.45. The number of carbonyl (C=O) groups excluding carboxylic acids is 1. The summed E-state index contributed by atoms with van der Waals surface area (Å²) in [5.41, 5.74) is 4.36. The number of rotatable bonds is 10. The Bertz CT molecular complexity index is 1660. The molecule has 1 atom stereocenters. The summed E-state index contributed by atoms with van der Waals surface area (Å²) in [6.45, 7) is 9.45. The Kier molecular flexibility index (Phi) is 9.44. The maximum Gasteiger partial charge on any atom is 0.269 e. The number of hydrogen-bond donors (Lipinski definition) is 1. The molecular weight excluding hydrogens is 574 g/mol. The molecule has 0 aliphatic heterocycles. The van der Waals surface area contributed by atoms with E-state index >= 15 is 0 Å². The van der Waals surface area contributed by atoms with Crippen LogP contribution in [0.2, 0.25) is 0 Å². The SMILES string of the molecule is CCOc1cc(C=Nc2sc3c(c2C(=O)Nc2ccccc2)CC[C@H](C(C)(C)C)C3)ccc1OCc1ccc([N+](=O)[O-])cc1. The van der Waals surface area contributed by atoms with Crippen molar-refractivity contribution in [2.24, 2.45) is 16.3 Å².